The van der Waals surface area contributed by atoms with Crippen molar-refractivity contribution in [3.63, 3.8) is 0 Å². The molecular weight excluding hydrogens is 264 g/mol. The molecule has 21 heavy (non-hydrogen) atoms. The Kier molecular flexibility index (Phi) is 3.53. The lowest BCUT2D eigenvalue weighted by Crippen LogP contribution is -2.36. The molecule has 2 aromatic rings. The fourth-order valence-corrected chi connectivity index (χ4v) is 3.05. The van der Waals surface area contributed by atoms with Crippen molar-refractivity contribution in [2.45, 2.75) is 32.6 Å². The summed E-state index contributed by atoms with van der Waals surface area (Å²) in [5, 5.41) is 13.4. The summed E-state index contributed by atoms with van der Waals surface area (Å²) in [5.41, 5.74) is 1.40. The van der Waals surface area contributed by atoms with Crippen molar-refractivity contribution < 1.29 is 9.90 Å². The Hall–Kier alpha value is -2.10. The van der Waals surface area contributed by atoms with E-state index in [1.54, 1.807) is 12.1 Å². The van der Waals surface area contributed by atoms with Gasteiger partial charge in [0.05, 0.1) is 11.1 Å². The van der Waals surface area contributed by atoms with E-state index in [2.05, 4.69) is 17.2 Å². The fourth-order valence-electron chi connectivity index (χ4n) is 3.05. The molecule has 1 aromatic heterocycles. The first-order valence-corrected chi connectivity index (χ1v) is 7.50. The quantitative estimate of drug-likeness (QED) is 0.873. The van der Waals surface area contributed by atoms with E-state index >= 15 is 0 Å². The molecule has 0 saturated heterocycles. The maximum atomic E-state index is 11.4. The second kappa shape index (κ2) is 5.35. The largest absolute Gasteiger partial charge is 0.478 e. The zero-order chi connectivity index (χ0) is 14.9. The minimum Gasteiger partial charge on any atom is -0.478 e. The highest BCUT2D eigenvalue weighted by Gasteiger charge is 2.34. The van der Waals surface area contributed by atoms with E-state index in [-0.39, 0.29) is 0 Å². The van der Waals surface area contributed by atoms with E-state index in [4.69, 9.17) is 0 Å². The van der Waals surface area contributed by atoms with E-state index in [1.165, 1.54) is 19.3 Å². The van der Waals surface area contributed by atoms with E-state index in [0.717, 1.165) is 18.5 Å². The number of aromatic nitrogens is 1. The van der Waals surface area contributed by atoms with Gasteiger partial charge in [0.25, 0.3) is 0 Å². The van der Waals surface area contributed by atoms with E-state index < -0.39 is 5.97 Å². The number of aromatic carboxylic acids is 1. The molecule has 2 N–H and O–H groups in total. The summed E-state index contributed by atoms with van der Waals surface area (Å²) >= 11 is 0. The maximum absolute atomic E-state index is 11.4. The first kappa shape index (κ1) is 13.9. The van der Waals surface area contributed by atoms with Gasteiger partial charge in [0.1, 0.15) is 5.82 Å². The van der Waals surface area contributed by atoms with Crippen molar-refractivity contribution >= 4 is 22.7 Å². The Morgan fingerprint density at radius 3 is 2.76 bits per heavy atom. The van der Waals surface area contributed by atoms with Gasteiger partial charge in [0, 0.05) is 11.9 Å². The van der Waals surface area contributed by atoms with Crippen molar-refractivity contribution in [3.05, 3.63) is 35.9 Å². The van der Waals surface area contributed by atoms with Crippen molar-refractivity contribution in [1.29, 1.82) is 0 Å². The summed E-state index contributed by atoms with van der Waals surface area (Å²) in [6.45, 7) is 3.09. The molecule has 1 aliphatic rings. The topological polar surface area (TPSA) is 62.2 Å². The first-order valence-electron chi connectivity index (χ1n) is 7.50. The Bertz CT molecular complexity index is 672. The molecule has 0 spiro atoms. The maximum Gasteiger partial charge on any atom is 0.336 e. The van der Waals surface area contributed by atoms with Crippen LogP contribution < -0.4 is 5.32 Å². The van der Waals surface area contributed by atoms with Crippen LogP contribution in [-0.2, 0) is 0 Å². The molecule has 1 aromatic carbocycles. The molecule has 110 valence electrons. The number of carboxylic acid groups (broad SMARTS) is 1. The Labute approximate surface area is 124 Å². The van der Waals surface area contributed by atoms with Gasteiger partial charge in [-0.2, -0.15) is 0 Å². The average Bonchev–Trinajstić information content (AvgIpc) is 2.45. The highest BCUT2D eigenvalue weighted by atomic mass is 16.4. The highest BCUT2D eigenvalue weighted by Crippen LogP contribution is 2.43. The van der Waals surface area contributed by atoms with Gasteiger partial charge in [-0.1, -0.05) is 31.5 Å². The summed E-state index contributed by atoms with van der Waals surface area (Å²) in [4.78, 5) is 16.0. The minimum absolute atomic E-state index is 0.308. The standard InChI is InChI=1S/C17H20N2O2/c1-2-17(8-5-9-17)11-18-15-10-13(16(20)21)12-6-3-4-7-14(12)19-15/h3-4,6-7,10H,2,5,8-9,11H2,1H3,(H,18,19)(H,20,21). The van der Waals surface area contributed by atoms with Crippen molar-refractivity contribution in [2.24, 2.45) is 5.41 Å². The van der Waals surface area contributed by atoms with Gasteiger partial charge in [-0.05, 0) is 36.8 Å². The van der Waals surface area contributed by atoms with E-state index in [9.17, 15) is 9.90 Å². The third-order valence-corrected chi connectivity index (χ3v) is 4.76. The first-order chi connectivity index (χ1) is 10.1. The Morgan fingerprint density at radius 1 is 1.38 bits per heavy atom. The molecule has 0 atom stereocenters. The van der Waals surface area contributed by atoms with Crippen LogP contribution in [0.15, 0.2) is 30.3 Å². The number of nitrogens with zero attached hydrogens (tertiary/aromatic N) is 1. The van der Waals surface area contributed by atoms with Crippen molar-refractivity contribution in [3.8, 4) is 0 Å². The number of carbonyl (C=O) groups is 1. The third kappa shape index (κ3) is 2.58. The van der Waals surface area contributed by atoms with Crippen LogP contribution in [0.2, 0.25) is 0 Å². The fraction of sp³-hybridized carbons (Fsp3) is 0.412. The lowest BCUT2D eigenvalue weighted by atomic mass is 9.67. The van der Waals surface area contributed by atoms with Gasteiger partial charge in [-0.25, -0.2) is 9.78 Å². The predicted molar refractivity (Wildman–Crippen MR) is 83.8 cm³/mol. The van der Waals surface area contributed by atoms with Crippen LogP contribution in [0.1, 0.15) is 43.0 Å². The minimum atomic E-state index is -0.912. The third-order valence-electron chi connectivity index (χ3n) is 4.76. The van der Waals surface area contributed by atoms with Gasteiger partial charge in [0.2, 0.25) is 0 Å². The average molecular weight is 284 g/mol. The van der Waals surface area contributed by atoms with Gasteiger partial charge >= 0.3 is 5.97 Å². The number of fused-ring (bicyclic) bond motifs is 1. The number of nitrogens with one attached hydrogen (secondary N) is 1. The zero-order valence-electron chi connectivity index (χ0n) is 12.2. The van der Waals surface area contributed by atoms with E-state index in [0.29, 0.717) is 22.2 Å². The SMILES string of the molecule is CCC1(CNc2cc(C(=O)O)c3ccccc3n2)CCC1. The van der Waals surface area contributed by atoms with Gasteiger partial charge < -0.3 is 10.4 Å². The number of hydrogen-bond donors (Lipinski definition) is 2. The summed E-state index contributed by atoms with van der Waals surface area (Å²) < 4.78 is 0. The van der Waals surface area contributed by atoms with Gasteiger partial charge in [-0.15, -0.1) is 0 Å². The molecular formula is C17H20N2O2. The number of carboxylic acids is 1. The van der Waals surface area contributed by atoms with Crippen LogP contribution >= 0.6 is 0 Å². The number of rotatable bonds is 5. The summed E-state index contributed by atoms with van der Waals surface area (Å²) in [5.74, 6) is -0.253. The zero-order valence-corrected chi connectivity index (χ0v) is 12.2. The molecule has 3 rings (SSSR count). The molecule has 1 heterocycles. The molecule has 4 nitrogen and oxygen atoms in total. The van der Waals surface area contributed by atoms with Crippen LogP contribution in [0, 0.1) is 5.41 Å². The molecule has 0 unspecified atom stereocenters. The second-order valence-electron chi connectivity index (χ2n) is 5.94. The molecule has 0 aliphatic heterocycles. The Morgan fingerprint density at radius 2 is 2.14 bits per heavy atom. The normalized spacial score (nSPS) is 16.4. The van der Waals surface area contributed by atoms with E-state index in [1.807, 2.05) is 18.2 Å². The number of hydrogen-bond acceptors (Lipinski definition) is 3. The molecule has 0 bridgehead atoms. The van der Waals surface area contributed by atoms with Crippen LogP contribution in [0.4, 0.5) is 5.82 Å². The van der Waals surface area contributed by atoms with Crippen LogP contribution in [0.5, 0.6) is 0 Å². The highest BCUT2D eigenvalue weighted by molar-refractivity contribution is 6.03. The Balaban J connectivity index is 1.90. The monoisotopic (exact) mass is 284 g/mol. The molecule has 1 saturated carbocycles. The van der Waals surface area contributed by atoms with Crippen molar-refractivity contribution in [1.82, 2.24) is 4.98 Å². The van der Waals surface area contributed by atoms with Crippen LogP contribution in [0.3, 0.4) is 0 Å². The molecule has 0 amide bonds. The van der Waals surface area contributed by atoms with Gasteiger partial charge in [-0.3, -0.25) is 0 Å². The number of pyridine rings is 1. The molecule has 4 heteroatoms. The van der Waals surface area contributed by atoms with Crippen LogP contribution in [0.25, 0.3) is 10.9 Å². The molecule has 1 aliphatic carbocycles. The summed E-state index contributed by atoms with van der Waals surface area (Å²) in [6, 6.07) is 9.02. The lowest BCUT2D eigenvalue weighted by molar-refractivity contribution is 0.0699. The second-order valence-corrected chi connectivity index (χ2v) is 5.94. The predicted octanol–water partition coefficient (Wildman–Crippen LogP) is 3.93. The molecule has 1 fully saturated rings. The van der Waals surface area contributed by atoms with Gasteiger partial charge in [0.15, 0.2) is 0 Å². The smallest absolute Gasteiger partial charge is 0.336 e. The lowest BCUT2D eigenvalue weighted by Gasteiger charge is -2.41. The van der Waals surface area contributed by atoms with Crippen molar-refractivity contribution in [2.75, 3.05) is 11.9 Å². The number of benzene rings is 1. The summed E-state index contributed by atoms with van der Waals surface area (Å²) in [7, 11) is 0. The van der Waals surface area contributed by atoms with Crippen LogP contribution in [-0.4, -0.2) is 22.6 Å². The number of para-hydroxylation sites is 1. The molecule has 0 radical (unpaired) electrons. The summed E-state index contributed by atoms with van der Waals surface area (Å²) in [6.07, 6.45) is 4.94. The number of anilines is 1.